The zero-order chi connectivity index (χ0) is 15.4. The van der Waals surface area contributed by atoms with Crippen LogP contribution in [0.2, 0.25) is 0 Å². The van der Waals surface area contributed by atoms with Crippen LogP contribution in [-0.2, 0) is 6.54 Å². The maximum absolute atomic E-state index is 6.23. The highest BCUT2D eigenvalue weighted by Crippen LogP contribution is 2.30. The van der Waals surface area contributed by atoms with E-state index in [4.69, 9.17) is 10.5 Å². The summed E-state index contributed by atoms with van der Waals surface area (Å²) in [6.45, 7) is 5.05. The molecule has 0 saturated carbocycles. The molecular formula is C17H24N2OS. The Balaban J connectivity index is 2.17. The molecule has 0 amide bonds. The lowest BCUT2D eigenvalue weighted by molar-refractivity contribution is 0.214. The van der Waals surface area contributed by atoms with Gasteiger partial charge in [0.2, 0.25) is 0 Å². The van der Waals surface area contributed by atoms with E-state index in [9.17, 15) is 0 Å². The second kappa shape index (κ2) is 7.07. The number of likely N-dealkylation sites (N-methyl/N-ethyl adjacent to an activating group) is 1. The maximum atomic E-state index is 6.23. The summed E-state index contributed by atoms with van der Waals surface area (Å²) in [4.78, 5) is 4.96. The lowest BCUT2D eigenvalue weighted by Gasteiger charge is -2.30. The second-order valence-electron chi connectivity index (χ2n) is 5.52. The molecule has 2 unspecified atom stereocenters. The van der Waals surface area contributed by atoms with Crippen molar-refractivity contribution >= 4 is 11.3 Å². The summed E-state index contributed by atoms with van der Waals surface area (Å²) in [5, 5.41) is 0. The number of hydrogen-bond acceptors (Lipinski definition) is 4. The van der Waals surface area contributed by atoms with Gasteiger partial charge < -0.3 is 10.5 Å². The van der Waals surface area contributed by atoms with Crippen molar-refractivity contribution in [1.29, 1.82) is 0 Å². The van der Waals surface area contributed by atoms with Crippen LogP contribution >= 0.6 is 11.3 Å². The predicted octanol–water partition coefficient (Wildman–Crippen LogP) is 3.59. The molecule has 2 atom stereocenters. The van der Waals surface area contributed by atoms with Gasteiger partial charge in [-0.15, -0.1) is 11.3 Å². The minimum absolute atomic E-state index is 0.0821. The summed E-state index contributed by atoms with van der Waals surface area (Å²) in [5.74, 6) is 0.894. The first kappa shape index (κ1) is 16.0. The van der Waals surface area contributed by atoms with Gasteiger partial charge in [-0.05, 0) is 50.7 Å². The zero-order valence-electron chi connectivity index (χ0n) is 13.2. The summed E-state index contributed by atoms with van der Waals surface area (Å²) in [6, 6.07) is 12.9. The molecule has 0 saturated heterocycles. The normalized spacial score (nSPS) is 14.2. The van der Waals surface area contributed by atoms with Gasteiger partial charge in [-0.3, -0.25) is 4.90 Å². The first-order valence-corrected chi connectivity index (χ1v) is 7.98. The molecule has 2 aromatic rings. The third-order valence-corrected chi connectivity index (χ3v) is 4.66. The number of thiophene rings is 1. The van der Waals surface area contributed by atoms with Crippen LogP contribution in [0.25, 0.3) is 0 Å². The van der Waals surface area contributed by atoms with Crippen LogP contribution in [0, 0.1) is 6.92 Å². The van der Waals surface area contributed by atoms with Crippen LogP contribution in [0.5, 0.6) is 5.75 Å². The Morgan fingerprint density at radius 3 is 2.62 bits per heavy atom. The van der Waals surface area contributed by atoms with Crippen molar-refractivity contribution in [1.82, 2.24) is 4.90 Å². The van der Waals surface area contributed by atoms with Crippen molar-refractivity contribution in [3.05, 3.63) is 51.7 Å². The maximum Gasteiger partial charge on any atom is 0.119 e. The molecule has 2 N–H and O–H groups in total. The van der Waals surface area contributed by atoms with Gasteiger partial charge in [-0.25, -0.2) is 0 Å². The number of nitrogens with zero attached hydrogens (tertiary/aromatic N) is 1. The third kappa shape index (κ3) is 4.06. The molecule has 0 radical (unpaired) electrons. The van der Waals surface area contributed by atoms with Gasteiger partial charge in [0.25, 0.3) is 0 Å². The van der Waals surface area contributed by atoms with Crippen LogP contribution in [0.4, 0.5) is 0 Å². The Bertz CT molecular complexity index is 580. The Labute approximate surface area is 131 Å². The van der Waals surface area contributed by atoms with Gasteiger partial charge in [0.15, 0.2) is 0 Å². The monoisotopic (exact) mass is 304 g/mol. The van der Waals surface area contributed by atoms with E-state index in [1.165, 1.54) is 15.3 Å². The minimum atomic E-state index is 0.0821. The van der Waals surface area contributed by atoms with Crippen molar-refractivity contribution in [2.45, 2.75) is 32.5 Å². The number of benzene rings is 1. The first-order chi connectivity index (χ1) is 10.0. The number of methoxy groups -OCH3 is 1. The van der Waals surface area contributed by atoms with E-state index in [0.29, 0.717) is 0 Å². The van der Waals surface area contributed by atoms with Crippen LogP contribution < -0.4 is 10.5 Å². The average Bonchev–Trinajstić information content (AvgIpc) is 2.84. The van der Waals surface area contributed by atoms with Crippen LogP contribution in [-0.4, -0.2) is 25.1 Å². The highest BCUT2D eigenvalue weighted by molar-refractivity contribution is 7.12. The fraction of sp³-hybridized carbons (Fsp3) is 0.412. The molecule has 0 aliphatic rings. The summed E-state index contributed by atoms with van der Waals surface area (Å²) < 4.78 is 5.29. The van der Waals surface area contributed by atoms with Crippen molar-refractivity contribution in [3.63, 3.8) is 0 Å². The third-order valence-electron chi connectivity index (χ3n) is 3.59. The molecule has 0 fully saturated rings. The summed E-state index contributed by atoms with van der Waals surface area (Å²) in [6.07, 6.45) is 0. The Kier molecular flexibility index (Phi) is 5.39. The molecule has 4 heteroatoms. The van der Waals surface area contributed by atoms with Crippen LogP contribution in [0.3, 0.4) is 0 Å². The molecule has 114 valence electrons. The van der Waals surface area contributed by atoms with E-state index in [2.05, 4.69) is 50.1 Å². The number of aryl methyl sites for hydroxylation is 1. The van der Waals surface area contributed by atoms with E-state index < -0.39 is 0 Å². The molecule has 0 aliphatic carbocycles. The molecule has 2 rings (SSSR count). The number of hydrogen-bond donors (Lipinski definition) is 1. The molecule has 1 aromatic heterocycles. The first-order valence-electron chi connectivity index (χ1n) is 7.16. The fourth-order valence-electron chi connectivity index (χ4n) is 2.65. The fourth-order valence-corrected chi connectivity index (χ4v) is 3.81. The molecule has 1 aromatic carbocycles. The number of nitrogens with two attached hydrogens (primary N) is 1. The zero-order valence-corrected chi connectivity index (χ0v) is 14.0. The largest absolute Gasteiger partial charge is 0.497 e. The standard InChI is InChI=1S/C17H24N2OS/c1-12-8-9-16(21-12)17(13(2)18)19(3)11-14-6-5-7-15(10-14)20-4/h5-10,13,17H,11,18H2,1-4H3. The van der Waals surface area contributed by atoms with Crippen LogP contribution in [0.1, 0.15) is 28.3 Å². The minimum Gasteiger partial charge on any atom is -0.497 e. The summed E-state index contributed by atoms with van der Waals surface area (Å²) in [5.41, 5.74) is 7.46. The molecule has 0 bridgehead atoms. The van der Waals surface area contributed by atoms with Crippen LogP contribution in [0.15, 0.2) is 36.4 Å². The van der Waals surface area contributed by atoms with Crippen molar-refractivity contribution < 1.29 is 4.74 Å². The van der Waals surface area contributed by atoms with Crippen molar-refractivity contribution in [3.8, 4) is 5.75 Å². The van der Waals surface area contributed by atoms with Gasteiger partial charge in [-0.2, -0.15) is 0 Å². The highest BCUT2D eigenvalue weighted by atomic mass is 32.1. The van der Waals surface area contributed by atoms with E-state index in [-0.39, 0.29) is 12.1 Å². The smallest absolute Gasteiger partial charge is 0.119 e. The summed E-state index contributed by atoms with van der Waals surface area (Å²) in [7, 11) is 3.82. The highest BCUT2D eigenvalue weighted by Gasteiger charge is 2.22. The van der Waals surface area contributed by atoms with Gasteiger partial charge >= 0.3 is 0 Å². The van der Waals surface area contributed by atoms with E-state index in [1.807, 2.05) is 23.5 Å². The lowest BCUT2D eigenvalue weighted by Crippen LogP contribution is -2.36. The molecule has 0 spiro atoms. The molecule has 1 heterocycles. The molecular weight excluding hydrogens is 280 g/mol. The average molecular weight is 304 g/mol. The van der Waals surface area contributed by atoms with Gasteiger partial charge in [0.1, 0.15) is 5.75 Å². The number of rotatable bonds is 6. The van der Waals surface area contributed by atoms with Gasteiger partial charge in [0, 0.05) is 22.3 Å². The van der Waals surface area contributed by atoms with Crippen molar-refractivity contribution in [2.75, 3.05) is 14.2 Å². The molecule has 0 aliphatic heterocycles. The molecule has 3 nitrogen and oxygen atoms in total. The van der Waals surface area contributed by atoms with Gasteiger partial charge in [-0.1, -0.05) is 12.1 Å². The van der Waals surface area contributed by atoms with E-state index >= 15 is 0 Å². The van der Waals surface area contributed by atoms with Gasteiger partial charge in [0.05, 0.1) is 13.2 Å². The SMILES string of the molecule is COc1cccc(CN(C)C(c2ccc(C)s2)C(C)N)c1. The predicted molar refractivity (Wildman–Crippen MR) is 89.9 cm³/mol. The Morgan fingerprint density at radius 2 is 2.05 bits per heavy atom. The number of ether oxygens (including phenoxy) is 1. The van der Waals surface area contributed by atoms with E-state index in [1.54, 1.807) is 7.11 Å². The second-order valence-corrected chi connectivity index (χ2v) is 6.84. The van der Waals surface area contributed by atoms with Crippen molar-refractivity contribution in [2.24, 2.45) is 5.73 Å². The Morgan fingerprint density at radius 1 is 1.29 bits per heavy atom. The lowest BCUT2D eigenvalue weighted by atomic mass is 10.1. The Hall–Kier alpha value is -1.36. The van der Waals surface area contributed by atoms with E-state index in [0.717, 1.165) is 12.3 Å². The molecule has 21 heavy (non-hydrogen) atoms. The topological polar surface area (TPSA) is 38.5 Å². The summed E-state index contributed by atoms with van der Waals surface area (Å²) >= 11 is 1.82. The quantitative estimate of drug-likeness (QED) is 0.886.